The highest BCUT2D eigenvalue weighted by Crippen LogP contribution is 2.16. The predicted molar refractivity (Wildman–Crippen MR) is 87.3 cm³/mol. The van der Waals surface area contributed by atoms with Crippen LogP contribution < -0.4 is 4.74 Å². The van der Waals surface area contributed by atoms with Gasteiger partial charge in [0.25, 0.3) is 5.91 Å². The molecular weight excluding hydrogens is 294 g/mol. The zero-order chi connectivity index (χ0) is 16.8. The van der Waals surface area contributed by atoms with Crippen LogP contribution in [-0.4, -0.2) is 42.1 Å². The number of carbonyl (C=O) groups is 2. The fourth-order valence-electron chi connectivity index (χ4n) is 2.65. The van der Waals surface area contributed by atoms with Crippen molar-refractivity contribution in [1.29, 1.82) is 0 Å². The van der Waals surface area contributed by atoms with Gasteiger partial charge in [-0.05, 0) is 51.3 Å². The van der Waals surface area contributed by atoms with E-state index < -0.39 is 12.1 Å². The van der Waals surface area contributed by atoms with Gasteiger partial charge in [-0.15, -0.1) is 0 Å². The minimum atomic E-state index is -0.726. The number of rotatable bonds is 6. The quantitative estimate of drug-likeness (QED) is 0.756. The highest BCUT2D eigenvalue weighted by Gasteiger charge is 2.25. The van der Waals surface area contributed by atoms with Gasteiger partial charge in [-0.25, -0.2) is 0 Å². The van der Waals surface area contributed by atoms with Gasteiger partial charge in [0.05, 0.1) is 12.5 Å². The molecule has 0 aromatic heterocycles. The maximum absolute atomic E-state index is 12.1. The molecule has 1 aliphatic heterocycles. The summed E-state index contributed by atoms with van der Waals surface area (Å²) in [4.78, 5) is 25.9. The summed E-state index contributed by atoms with van der Waals surface area (Å²) in [5, 5.41) is 0. The predicted octanol–water partition coefficient (Wildman–Crippen LogP) is 2.57. The Labute approximate surface area is 137 Å². The Morgan fingerprint density at radius 3 is 2.52 bits per heavy atom. The highest BCUT2D eigenvalue weighted by atomic mass is 16.5. The molecule has 5 nitrogen and oxygen atoms in total. The molecule has 0 N–H and O–H groups in total. The molecule has 1 atom stereocenters. The molecule has 1 unspecified atom stereocenters. The fourth-order valence-corrected chi connectivity index (χ4v) is 2.65. The SMILES string of the molecule is CC(C)Oc1cccc(CC(=O)OC(C)C(=O)N2CCCC2)c1. The van der Waals surface area contributed by atoms with Crippen LogP contribution in [0.1, 0.15) is 39.2 Å². The molecule has 126 valence electrons. The maximum atomic E-state index is 12.1. The van der Waals surface area contributed by atoms with E-state index in [1.54, 1.807) is 11.8 Å². The summed E-state index contributed by atoms with van der Waals surface area (Å²) in [5.74, 6) is 0.228. The minimum Gasteiger partial charge on any atom is -0.491 e. The summed E-state index contributed by atoms with van der Waals surface area (Å²) < 4.78 is 10.9. The molecule has 0 saturated carbocycles. The lowest BCUT2D eigenvalue weighted by atomic mass is 10.1. The van der Waals surface area contributed by atoms with Crippen molar-refractivity contribution in [2.75, 3.05) is 13.1 Å². The second kappa shape index (κ2) is 7.99. The van der Waals surface area contributed by atoms with Crippen LogP contribution in [0.2, 0.25) is 0 Å². The normalized spacial score (nSPS) is 15.6. The third-order valence-electron chi connectivity index (χ3n) is 3.69. The van der Waals surface area contributed by atoms with Gasteiger partial charge in [0.1, 0.15) is 5.75 Å². The number of hydrogen-bond acceptors (Lipinski definition) is 4. The van der Waals surface area contributed by atoms with Crippen LogP contribution in [0.15, 0.2) is 24.3 Å². The second-order valence-corrected chi connectivity index (χ2v) is 6.16. The van der Waals surface area contributed by atoms with E-state index >= 15 is 0 Å². The molecule has 1 aromatic rings. The Bertz CT molecular complexity index is 550. The second-order valence-electron chi connectivity index (χ2n) is 6.16. The number of ether oxygens (including phenoxy) is 2. The average molecular weight is 319 g/mol. The van der Waals surface area contributed by atoms with Crippen molar-refractivity contribution in [3.63, 3.8) is 0 Å². The standard InChI is InChI=1S/C18H25NO4/c1-13(2)22-16-8-6-7-15(11-16)12-17(20)23-14(3)18(21)19-9-4-5-10-19/h6-8,11,13-14H,4-5,9-10,12H2,1-3H3. The Hall–Kier alpha value is -2.04. The van der Waals surface area contributed by atoms with Crippen molar-refractivity contribution in [3.05, 3.63) is 29.8 Å². The van der Waals surface area contributed by atoms with Gasteiger partial charge in [-0.2, -0.15) is 0 Å². The molecule has 0 bridgehead atoms. The summed E-state index contributed by atoms with van der Waals surface area (Å²) in [5.41, 5.74) is 0.814. The summed E-state index contributed by atoms with van der Waals surface area (Å²) >= 11 is 0. The maximum Gasteiger partial charge on any atom is 0.311 e. The first-order valence-corrected chi connectivity index (χ1v) is 8.19. The molecule has 1 aromatic carbocycles. The molecule has 1 aliphatic rings. The highest BCUT2D eigenvalue weighted by molar-refractivity contribution is 5.84. The first-order valence-electron chi connectivity index (χ1n) is 8.19. The Balaban J connectivity index is 1.87. The minimum absolute atomic E-state index is 0.0790. The van der Waals surface area contributed by atoms with Crippen molar-refractivity contribution >= 4 is 11.9 Å². The first kappa shape index (κ1) is 17.3. The number of carbonyl (C=O) groups excluding carboxylic acids is 2. The van der Waals surface area contributed by atoms with Crippen molar-refractivity contribution < 1.29 is 19.1 Å². The third kappa shape index (κ3) is 5.27. The summed E-state index contributed by atoms with van der Waals surface area (Å²) in [6, 6.07) is 7.38. The zero-order valence-electron chi connectivity index (χ0n) is 14.1. The van der Waals surface area contributed by atoms with Crippen LogP contribution in [-0.2, 0) is 20.7 Å². The molecule has 0 radical (unpaired) electrons. The molecule has 23 heavy (non-hydrogen) atoms. The van der Waals surface area contributed by atoms with Crippen molar-refractivity contribution in [1.82, 2.24) is 4.90 Å². The Morgan fingerprint density at radius 2 is 1.87 bits per heavy atom. The van der Waals surface area contributed by atoms with Gasteiger partial charge in [0.2, 0.25) is 0 Å². The average Bonchev–Trinajstić information content (AvgIpc) is 2.99. The smallest absolute Gasteiger partial charge is 0.311 e. The van der Waals surface area contributed by atoms with E-state index in [-0.39, 0.29) is 18.4 Å². The van der Waals surface area contributed by atoms with E-state index in [1.807, 2.05) is 38.1 Å². The lowest BCUT2D eigenvalue weighted by Gasteiger charge is -2.20. The van der Waals surface area contributed by atoms with Gasteiger partial charge in [0.15, 0.2) is 6.10 Å². The summed E-state index contributed by atoms with van der Waals surface area (Å²) in [6.45, 7) is 7.06. The summed E-state index contributed by atoms with van der Waals surface area (Å²) in [7, 11) is 0. The monoisotopic (exact) mass is 319 g/mol. The molecule has 0 aliphatic carbocycles. The third-order valence-corrected chi connectivity index (χ3v) is 3.69. The lowest BCUT2D eigenvalue weighted by molar-refractivity contribution is -0.158. The molecule has 2 rings (SSSR count). The molecule has 0 spiro atoms. The molecule has 1 amide bonds. The van der Waals surface area contributed by atoms with E-state index in [0.717, 1.165) is 37.2 Å². The number of hydrogen-bond donors (Lipinski definition) is 0. The zero-order valence-corrected chi connectivity index (χ0v) is 14.1. The van der Waals surface area contributed by atoms with E-state index in [4.69, 9.17) is 9.47 Å². The largest absolute Gasteiger partial charge is 0.491 e. The summed E-state index contributed by atoms with van der Waals surface area (Å²) in [6.07, 6.45) is 1.53. The van der Waals surface area contributed by atoms with Gasteiger partial charge < -0.3 is 14.4 Å². The molecule has 1 fully saturated rings. The van der Waals surface area contributed by atoms with Crippen molar-refractivity contribution in [2.45, 2.75) is 52.2 Å². The first-order chi connectivity index (χ1) is 11.0. The van der Waals surface area contributed by atoms with Crippen LogP contribution in [0.25, 0.3) is 0 Å². The van der Waals surface area contributed by atoms with Gasteiger partial charge in [-0.1, -0.05) is 12.1 Å². The van der Waals surface area contributed by atoms with Crippen molar-refractivity contribution in [2.24, 2.45) is 0 Å². The number of nitrogens with zero attached hydrogens (tertiary/aromatic N) is 1. The Kier molecular flexibility index (Phi) is 6.02. The van der Waals surface area contributed by atoms with Gasteiger partial charge in [0, 0.05) is 13.1 Å². The Morgan fingerprint density at radius 1 is 1.17 bits per heavy atom. The fraction of sp³-hybridized carbons (Fsp3) is 0.556. The number of amides is 1. The van der Waals surface area contributed by atoms with Crippen LogP contribution in [0.3, 0.4) is 0 Å². The van der Waals surface area contributed by atoms with E-state index in [1.165, 1.54) is 0 Å². The van der Waals surface area contributed by atoms with Crippen LogP contribution in [0.4, 0.5) is 0 Å². The molecule has 1 saturated heterocycles. The molecule has 1 heterocycles. The number of benzene rings is 1. The van der Waals surface area contributed by atoms with Crippen LogP contribution in [0.5, 0.6) is 5.75 Å². The number of likely N-dealkylation sites (tertiary alicyclic amines) is 1. The van der Waals surface area contributed by atoms with E-state index in [9.17, 15) is 9.59 Å². The number of esters is 1. The lowest BCUT2D eigenvalue weighted by Crippen LogP contribution is -2.38. The molecular formula is C18H25NO4. The van der Waals surface area contributed by atoms with Crippen LogP contribution in [0, 0.1) is 0 Å². The van der Waals surface area contributed by atoms with E-state index in [2.05, 4.69) is 0 Å². The van der Waals surface area contributed by atoms with Crippen molar-refractivity contribution in [3.8, 4) is 5.75 Å². The topological polar surface area (TPSA) is 55.8 Å². The van der Waals surface area contributed by atoms with Gasteiger partial charge >= 0.3 is 5.97 Å². The molecule has 5 heteroatoms. The van der Waals surface area contributed by atoms with E-state index in [0.29, 0.717) is 0 Å². The van der Waals surface area contributed by atoms with Gasteiger partial charge in [-0.3, -0.25) is 9.59 Å². The van der Waals surface area contributed by atoms with Crippen LogP contribution >= 0.6 is 0 Å².